The number of carbonyl (C=O) groups is 3. The van der Waals surface area contributed by atoms with Gasteiger partial charge in [0, 0.05) is 36.6 Å². The van der Waals surface area contributed by atoms with Gasteiger partial charge in [0.1, 0.15) is 12.1 Å². The number of guanidine groups is 1. The van der Waals surface area contributed by atoms with Crippen LogP contribution in [0.4, 0.5) is 0 Å². The number of carbonyl (C=O) groups excluding carboxylic acids is 3. The third-order valence-corrected chi connectivity index (χ3v) is 5.98. The molecule has 0 aliphatic carbocycles. The highest BCUT2D eigenvalue weighted by Gasteiger charge is 2.26. The molecule has 196 valence electrons. The summed E-state index contributed by atoms with van der Waals surface area (Å²) in [5.74, 6) is -1.18. The third-order valence-electron chi connectivity index (χ3n) is 5.98. The number of fused-ring (bicyclic) bond motifs is 5. The Labute approximate surface area is 216 Å². The van der Waals surface area contributed by atoms with E-state index in [-0.39, 0.29) is 37.1 Å². The van der Waals surface area contributed by atoms with Crippen LogP contribution in [-0.2, 0) is 32.1 Å². The number of hydrogen-bond donors (Lipinski definition) is 4. The van der Waals surface area contributed by atoms with Crippen molar-refractivity contribution >= 4 is 47.1 Å². The van der Waals surface area contributed by atoms with Crippen LogP contribution in [0.3, 0.4) is 0 Å². The van der Waals surface area contributed by atoms with Gasteiger partial charge in [0.05, 0.1) is 7.11 Å². The van der Waals surface area contributed by atoms with E-state index in [1.807, 2.05) is 36.4 Å². The molecule has 0 unspecified atom stereocenters. The fraction of sp³-hybridized carbons (Fsp3) is 0.440. The number of unbranched alkanes of at least 4 members (excludes halogenated alkanes) is 1. The Balaban J connectivity index is 0.00000456. The van der Waals surface area contributed by atoms with Crippen LogP contribution >= 0.6 is 12.4 Å². The first kappa shape index (κ1) is 28.7. The Kier molecular flexibility index (Phi) is 11.3. The number of para-hydroxylation sites is 1. The molecule has 1 aliphatic heterocycles. The smallest absolute Gasteiger partial charge is 0.328 e. The van der Waals surface area contributed by atoms with Crippen molar-refractivity contribution in [1.82, 2.24) is 15.2 Å². The van der Waals surface area contributed by atoms with E-state index in [4.69, 9.17) is 16.2 Å². The number of nitrogens with two attached hydrogens (primary N) is 2. The molecular weight excluding hydrogens is 484 g/mol. The van der Waals surface area contributed by atoms with Crippen molar-refractivity contribution in [3.8, 4) is 0 Å². The van der Waals surface area contributed by atoms with E-state index in [2.05, 4.69) is 26.4 Å². The molecule has 11 heteroatoms. The highest BCUT2D eigenvalue weighted by molar-refractivity contribution is 5.91. The second-order valence-corrected chi connectivity index (χ2v) is 8.54. The van der Waals surface area contributed by atoms with Crippen LogP contribution < -0.4 is 22.1 Å². The summed E-state index contributed by atoms with van der Waals surface area (Å²) in [6, 6.07) is 6.42. The van der Waals surface area contributed by atoms with Gasteiger partial charge in [-0.1, -0.05) is 30.4 Å². The molecule has 2 bridgehead atoms. The van der Waals surface area contributed by atoms with Gasteiger partial charge < -0.3 is 31.4 Å². The van der Waals surface area contributed by atoms with E-state index in [1.165, 1.54) is 7.11 Å². The molecule has 6 N–H and O–H groups in total. The van der Waals surface area contributed by atoms with Crippen molar-refractivity contribution in [2.75, 3.05) is 13.7 Å². The van der Waals surface area contributed by atoms with Gasteiger partial charge in [-0.25, -0.2) is 4.79 Å². The molecule has 0 saturated heterocycles. The van der Waals surface area contributed by atoms with E-state index >= 15 is 0 Å². The van der Waals surface area contributed by atoms with Crippen LogP contribution in [0, 0.1) is 0 Å². The van der Waals surface area contributed by atoms with Gasteiger partial charge in [-0.3, -0.25) is 14.6 Å². The van der Waals surface area contributed by atoms with Crippen LogP contribution in [0.15, 0.2) is 47.6 Å². The Bertz CT molecular complexity index is 1110. The van der Waals surface area contributed by atoms with Crippen LogP contribution in [0.25, 0.3) is 10.9 Å². The maximum Gasteiger partial charge on any atom is 0.328 e. The molecule has 0 fully saturated rings. The van der Waals surface area contributed by atoms with Crippen molar-refractivity contribution in [1.29, 1.82) is 0 Å². The molecule has 0 saturated carbocycles. The molecule has 1 aliphatic rings. The Morgan fingerprint density at radius 3 is 2.67 bits per heavy atom. The minimum Gasteiger partial charge on any atom is -0.467 e. The molecule has 0 radical (unpaired) electrons. The number of rotatable bonds is 6. The topological polar surface area (TPSA) is 154 Å². The molecule has 0 spiro atoms. The summed E-state index contributed by atoms with van der Waals surface area (Å²) < 4.78 is 7.00. The molecule has 1 aromatic heterocycles. The number of methoxy groups -OCH3 is 1. The summed E-state index contributed by atoms with van der Waals surface area (Å²) in [6.07, 6.45) is 8.60. The SMILES string of the molecule is COC(=O)[C@@H]1C/C=C/Cn2cc(c3ccccc32)CCC(=O)N[C@H](CCCCN=C(N)N)C(=O)N1.Cl. The van der Waals surface area contributed by atoms with E-state index in [1.54, 1.807) is 0 Å². The molecule has 36 heavy (non-hydrogen) atoms. The summed E-state index contributed by atoms with van der Waals surface area (Å²) in [6.45, 7) is 1.04. The second-order valence-electron chi connectivity index (χ2n) is 8.54. The molecule has 2 atom stereocenters. The van der Waals surface area contributed by atoms with Crippen molar-refractivity contribution in [2.24, 2.45) is 16.5 Å². The van der Waals surface area contributed by atoms with E-state index in [9.17, 15) is 14.4 Å². The summed E-state index contributed by atoms with van der Waals surface area (Å²) in [5.41, 5.74) is 12.9. The van der Waals surface area contributed by atoms with Crippen molar-refractivity contribution in [3.05, 3.63) is 48.2 Å². The van der Waals surface area contributed by atoms with Crippen LogP contribution in [0.1, 0.15) is 37.7 Å². The zero-order valence-corrected chi connectivity index (χ0v) is 21.3. The third kappa shape index (κ3) is 8.01. The quantitative estimate of drug-likeness (QED) is 0.149. The molecule has 3 rings (SSSR count). The zero-order chi connectivity index (χ0) is 25.2. The number of benzene rings is 1. The number of aromatic nitrogens is 1. The van der Waals surface area contributed by atoms with Crippen LogP contribution in [0.5, 0.6) is 0 Å². The monoisotopic (exact) mass is 518 g/mol. The van der Waals surface area contributed by atoms with Gasteiger partial charge in [0.15, 0.2) is 5.96 Å². The Morgan fingerprint density at radius 1 is 1.14 bits per heavy atom. The number of nitrogens with zero attached hydrogens (tertiary/aromatic N) is 2. The van der Waals surface area contributed by atoms with E-state index in [0.29, 0.717) is 38.8 Å². The second kappa shape index (κ2) is 14.1. The largest absolute Gasteiger partial charge is 0.467 e. The number of hydrogen-bond acceptors (Lipinski definition) is 5. The van der Waals surface area contributed by atoms with Gasteiger partial charge in [-0.2, -0.15) is 0 Å². The molecule has 10 nitrogen and oxygen atoms in total. The number of aryl methyl sites for hydroxylation is 1. The lowest BCUT2D eigenvalue weighted by atomic mass is 10.1. The number of esters is 1. The number of halogens is 1. The van der Waals surface area contributed by atoms with E-state index in [0.717, 1.165) is 16.5 Å². The minimum absolute atomic E-state index is 0. The maximum absolute atomic E-state index is 13.0. The highest BCUT2D eigenvalue weighted by atomic mass is 35.5. The lowest BCUT2D eigenvalue weighted by Gasteiger charge is -2.22. The van der Waals surface area contributed by atoms with Crippen LogP contribution in [-0.4, -0.2) is 54.0 Å². The number of nitrogens with one attached hydrogen (secondary N) is 2. The highest BCUT2D eigenvalue weighted by Crippen LogP contribution is 2.23. The van der Waals surface area contributed by atoms with Crippen LogP contribution in [0.2, 0.25) is 0 Å². The summed E-state index contributed by atoms with van der Waals surface area (Å²) in [4.78, 5) is 42.1. The van der Waals surface area contributed by atoms with Crippen molar-refractivity contribution in [2.45, 2.75) is 57.2 Å². The average Bonchev–Trinajstić information content (AvgIpc) is 3.19. The number of aliphatic imine (C=N–C) groups is 1. The minimum atomic E-state index is -0.855. The van der Waals surface area contributed by atoms with Crippen molar-refractivity contribution < 1.29 is 19.1 Å². The summed E-state index contributed by atoms with van der Waals surface area (Å²) in [7, 11) is 1.28. The van der Waals surface area contributed by atoms with Crippen molar-refractivity contribution in [3.63, 3.8) is 0 Å². The standard InChI is InChI=1S/C25H34N6O4.ClH/c1-35-24(34)20-10-5-7-15-31-16-17(18-8-2-3-11-21(18)31)12-13-22(32)29-19(23(33)30-20)9-4-6-14-28-25(26)27;/h2-3,5,7-8,11,16,19-20H,4,6,9-10,12-15H2,1H3,(H,29,32)(H,30,33)(H4,26,27,28);1H/b7-5+;/t19-,20+;/m1./s1. The number of amides is 2. The fourth-order valence-electron chi connectivity index (χ4n) is 4.17. The number of ether oxygens (including phenoxy) is 1. The summed E-state index contributed by atoms with van der Waals surface area (Å²) in [5, 5.41) is 6.69. The van der Waals surface area contributed by atoms with Gasteiger partial charge in [0.25, 0.3) is 0 Å². The van der Waals surface area contributed by atoms with Gasteiger partial charge in [-0.15, -0.1) is 12.4 Å². The lowest BCUT2D eigenvalue weighted by Crippen LogP contribution is -2.51. The molecular formula is C25H35ClN6O4. The average molecular weight is 519 g/mol. The predicted octanol–water partition coefficient (Wildman–Crippen LogP) is 1.54. The predicted molar refractivity (Wildman–Crippen MR) is 142 cm³/mol. The first-order chi connectivity index (χ1) is 16.9. The van der Waals surface area contributed by atoms with Gasteiger partial charge >= 0.3 is 5.97 Å². The van der Waals surface area contributed by atoms with Gasteiger partial charge in [0.2, 0.25) is 11.8 Å². The number of allylic oxidation sites excluding steroid dienone is 1. The normalized spacial score (nSPS) is 19.6. The summed E-state index contributed by atoms with van der Waals surface area (Å²) >= 11 is 0. The first-order valence-corrected chi connectivity index (χ1v) is 11.8. The lowest BCUT2D eigenvalue weighted by molar-refractivity contribution is -0.145. The molecule has 2 amide bonds. The molecule has 1 aromatic carbocycles. The molecule has 2 heterocycles. The fourth-order valence-corrected chi connectivity index (χ4v) is 4.17. The maximum atomic E-state index is 13.0. The van der Waals surface area contributed by atoms with E-state index < -0.39 is 24.0 Å². The van der Waals surface area contributed by atoms with Gasteiger partial charge in [-0.05, 0) is 43.7 Å². The first-order valence-electron chi connectivity index (χ1n) is 11.8. The zero-order valence-electron chi connectivity index (χ0n) is 20.4. The molecule has 2 aromatic rings. The Morgan fingerprint density at radius 2 is 1.92 bits per heavy atom. The Hall–Kier alpha value is -3.53.